The third-order valence-corrected chi connectivity index (χ3v) is 11.7. The van der Waals surface area contributed by atoms with Crippen LogP contribution in [-0.2, 0) is 46.1 Å². The number of hydrogen-bond acceptors (Lipinski definition) is 8. The lowest BCUT2D eigenvalue weighted by atomic mass is 9.79. The number of rotatable bonds is 15. The van der Waals surface area contributed by atoms with Crippen LogP contribution < -0.4 is 11.2 Å². The smallest absolute Gasteiger partial charge is 0.330 e. The fraction of sp³-hybridized carbons (Fsp3) is 0.200. The number of aromatic nitrogens is 2. The average molecular weight is 835 g/mol. The van der Waals surface area contributed by atoms with Crippen molar-refractivity contribution < 1.29 is 26.8 Å². The second-order valence-corrected chi connectivity index (χ2v) is 16.6. The van der Waals surface area contributed by atoms with Gasteiger partial charge in [0.25, 0.3) is 15.7 Å². The maximum Gasteiger partial charge on any atom is 0.330 e. The number of nitrogens with one attached hydrogen (secondary N) is 1. The third-order valence-electron chi connectivity index (χ3n) is 11.1. The van der Waals surface area contributed by atoms with Crippen molar-refractivity contribution in [2.24, 2.45) is 0 Å². The molecule has 0 unspecified atom stereocenters. The molecule has 1 fully saturated rings. The molecule has 0 spiro atoms. The molecular formula is C50H46N2O8S. The number of benzene rings is 6. The second-order valence-electron chi connectivity index (χ2n) is 15.0. The van der Waals surface area contributed by atoms with Crippen LogP contribution in [0.15, 0.2) is 198 Å². The topological polar surface area (TPSA) is 126 Å². The maximum absolute atomic E-state index is 13.8. The molecule has 2 heterocycles. The van der Waals surface area contributed by atoms with Gasteiger partial charge in [-0.25, -0.2) is 4.79 Å². The molecular weight excluding hydrogens is 789 g/mol. The monoisotopic (exact) mass is 834 g/mol. The second kappa shape index (κ2) is 17.8. The van der Waals surface area contributed by atoms with Crippen LogP contribution in [0.5, 0.6) is 0 Å². The van der Waals surface area contributed by atoms with Crippen LogP contribution >= 0.6 is 0 Å². The van der Waals surface area contributed by atoms with Gasteiger partial charge in [-0.15, -0.1) is 0 Å². The number of ether oxygens (including phenoxy) is 3. The molecule has 6 aromatic carbocycles. The Bertz CT molecular complexity index is 2560. The number of nitrogens with zero attached hydrogens (tertiary/aromatic N) is 1. The molecule has 310 valence electrons. The zero-order valence-electron chi connectivity index (χ0n) is 33.7. The Morgan fingerprint density at radius 1 is 0.590 bits per heavy atom. The largest absolute Gasteiger partial charge is 0.358 e. The molecule has 0 saturated carbocycles. The van der Waals surface area contributed by atoms with E-state index in [9.17, 15) is 18.0 Å². The van der Waals surface area contributed by atoms with Crippen LogP contribution in [0.4, 0.5) is 0 Å². The molecule has 7 aromatic rings. The summed E-state index contributed by atoms with van der Waals surface area (Å²) in [4.78, 5) is 29.1. The van der Waals surface area contributed by atoms with Crippen LogP contribution in [-0.4, -0.2) is 49.1 Å². The standard InChI is InChI=1S/C50H46N2O8S/c1-3-36-34-52(48(54)51-46(36)53)47-45(60-61(2,55)56)44(59-50(40-28-16-7-17-29-40,41-30-18-8-19-31-41)42-32-20-9-21-33-42)43(58-47)35-57-49(37-22-10-4-11-23-37,38-24-12-5-13-25-38)39-26-14-6-15-27-39/h4-34,43-45,47H,3,35H2,1-2H3,(H,51,53,54)/t43-,44-,45-,47-/m1/s1. The lowest BCUT2D eigenvalue weighted by Gasteiger charge is -2.41. The van der Waals surface area contributed by atoms with Gasteiger partial charge in [-0.1, -0.05) is 189 Å². The summed E-state index contributed by atoms with van der Waals surface area (Å²) < 4.78 is 55.9. The van der Waals surface area contributed by atoms with E-state index in [-0.39, 0.29) is 6.61 Å². The molecule has 11 heteroatoms. The van der Waals surface area contributed by atoms with E-state index >= 15 is 0 Å². The SMILES string of the molecule is CCc1cn([C@@H]2O[C@H](COC(c3ccccc3)(c3ccccc3)c3ccccc3)[C@@H](OC(c3ccccc3)(c3ccccc3)c3ccccc3)[C@H]2OS(C)(=O)=O)c(=O)[nH]c1=O. The highest BCUT2D eigenvalue weighted by molar-refractivity contribution is 7.86. The first kappa shape index (κ1) is 41.5. The van der Waals surface area contributed by atoms with Crippen molar-refractivity contribution >= 4 is 10.1 Å². The fourth-order valence-electron chi connectivity index (χ4n) is 8.38. The van der Waals surface area contributed by atoms with Crippen LogP contribution in [0.1, 0.15) is 52.1 Å². The minimum absolute atomic E-state index is 0.184. The Morgan fingerprint density at radius 3 is 1.33 bits per heavy atom. The van der Waals surface area contributed by atoms with Gasteiger partial charge in [0.05, 0.1) is 12.9 Å². The number of hydrogen-bond donors (Lipinski definition) is 1. The van der Waals surface area contributed by atoms with Gasteiger partial charge < -0.3 is 14.2 Å². The Morgan fingerprint density at radius 2 is 0.967 bits per heavy atom. The molecule has 0 amide bonds. The summed E-state index contributed by atoms with van der Waals surface area (Å²) in [5, 5.41) is 0. The van der Waals surface area contributed by atoms with Gasteiger partial charge in [0.2, 0.25) is 0 Å². The number of H-pyrrole nitrogens is 1. The van der Waals surface area contributed by atoms with E-state index in [1.807, 2.05) is 182 Å². The van der Waals surface area contributed by atoms with Gasteiger partial charge >= 0.3 is 5.69 Å². The summed E-state index contributed by atoms with van der Waals surface area (Å²) in [6, 6.07) is 58.5. The third kappa shape index (κ3) is 8.31. The molecule has 8 rings (SSSR count). The first-order valence-corrected chi connectivity index (χ1v) is 22.0. The lowest BCUT2D eigenvalue weighted by Crippen LogP contribution is -2.48. The summed E-state index contributed by atoms with van der Waals surface area (Å²) in [5.41, 5.74) is 1.08. The van der Waals surface area contributed by atoms with Gasteiger partial charge in [0, 0.05) is 11.8 Å². The number of aromatic amines is 1. The zero-order chi connectivity index (χ0) is 42.5. The number of aryl methyl sites for hydroxylation is 1. The minimum Gasteiger partial charge on any atom is -0.358 e. The molecule has 10 nitrogen and oxygen atoms in total. The van der Waals surface area contributed by atoms with Crippen molar-refractivity contribution in [3.63, 3.8) is 0 Å². The normalized spacial score (nSPS) is 18.2. The van der Waals surface area contributed by atoms with Gasteiger partial charge in [-0.2, -0.15) is 8.42 Å². The molecule has 0 aliphatic carbocycles. The Balaban J connectivity index is 1.36. The highest BCUT2D eigenvalue weighted by Gasteiger charge is 2.55. The summed E-state index contributed by atoms with van der Waals surface area (Å²) in [5.74, 6) is 0. The summed E-state index contributed by atoms with van der Waals surface area (Å²) in [7, 11) is -4.25. The zero-order valence-corrected chi connectivity index (χ0v) is 34.6. The Kier molecular flexibility index (Phi) is 12.1. The van der Waals surface area contributed by atoms with Crippen molar-refractivity contribution in [3.05, 3.63) is 248 Å². The first-order valence-electron chi connectivity index (χ1n) is 20.2. The van der Waals surface area contributed by atoms with Crippen LogP contribution in [0.3, 0.4) is 0 Å². The van der Waals surface area contributed by atoms with Crippen LogP contribution in [0.25, 0.3) is 0 Å². The van der Waals surface area contributed by atoms with E-state index in [4.69, 9.17) is 18.4 Å². The molecule has 61 heavy (non-hydrogen) atoms. The fourth-order valence-corrected chi connectivity index (χ4v) is 8.99. The Hall–Kier alpha value is -6.21. The summed E-state index contributed by atoms with van der Waals surface area (Å²) >= 11 is 0. The lowest BCUT2D eigenvalue weighted by molar-refractivity contribution is -0.130. The molecule has 1 N–H and O–H groups in total. The van der Waals surface area contributed by atoms with Gasteiger partial charge in [0.15, 0.2) is 12.3 Å². The van der Waals surface area contributed by atoms with E-state index in [0.29, 0.717) is 12.0 Å². The van der Waals surface area contributed by atoms with Crippen LogP contribution in [0, 0.1) is 0 Å². The van der Waals surface area contributed by atoms with Crippen molar-refractivity contribution in [1.29, 1.82) is 0 Å². The molecule has 1 saturated heterocycles. The van der Waals surface area contributed by atoms with Gasteiger partial charge in [-0.3, -0.25) is 18.5 Å². The van der Waals surface area contributed by atoms with E-state index in [2.05, 4.69) is 4.98 Å². The first-order chi connectivity index (χ1) is 29.6. The van der Waals surface area contributed by atoms with E-state index in [1.54, 1.807) is 6.92 Å². The average Bonchev–Trinajstić information content (AvgIpc) is 3.61. The molecule has 1 aliphatic heterocycles. The van der Waals surface area contributed by atoms with E-state index in [1.165, 1.54) is 10.8 Å². The minimum atomic E-state index is -4.25. The quantitative estimate of drug-likeness (QED) is 0.0823. The van der Waals surface area contributed by atoms with E-state index < -0.39 is 57.1 Å². The molecule has 1 aliphatic rings. The highest BCUT2D eigenvalue weighted by Crippen LogP contribution is 2.47. The predicted octanol–water partition coefficient (Wildman–Crippen LogP) is 7.73. The predicted molar refractivity (Wildman–Crippen MR) is 234 cm³/mol. The summed E-state index contributed by atoms with van der Waals surface area (Å²) in [6.45, 7) is 1.60. The van der Waals surface area contributed by atoms with Crippen LogP contribution in [0.2, 0.25) is 0 Å². The van der Waals surface area contributed by atoms with Crippen molar-refractivity contribution in [2.45, 2.75) is 49.1 Å². The molecule has 0 bridgehead atoms. The van der Waals surface area contributed by atoms with Gasteiger partial charge in [-0.05, 0) is 39.8 Å². The van der Waals surface area contributed by atoms with Gasteiger partial charge in [0.1, 0.15) is 23.4 Å². The van der Waals surface area contributed by atoms with Crippen molar-refractivity contribution in [1.82, 2.24) is 9.55 Å². The highest BCUT2D eigenvalue weighted by atomic mass is 32.2. The van der Waals surface area contributed by atoms with E-state index in [0.717, 1.165) is 39.6 Å². The maximum atomic E-state index is 13.8. The molecule has 0 radical (unpaired) electrons. The molecule has 1 aromatic heterocycles. The van der Waals surface area contributed by atoms with Crippen molar-refractivity contribution in [3.8, 4) is 0 Å². The van der Waals surface area contributed by atoms with Crippen molar-refractivity contribution in [2.75, 3.05) is 12.9 Å². The molecule has 4 atom stereocenters. The summed E-state index contributed by atoms with van der Waals surface area (Å²) in [6.07, 6.45) is -2.57. The Labute approximate surface area is 355 Å².